The van der Waals surface area contributed by atoms with Crippen molar-refractivity contribution in [3.05, 3.63) is 24.5 Å². The van der Waals surface area contributed by atoms with Crippen LogP contribution in [-0.4, -0.2) is 42.4 Å². The lowest BCUT2D eigenvalue weighted by Gasteiger charge is -2.25. The highest BCUT2D eigenvalue weighted by Gasteiger charge is 2.38. The summed E-state index contributed by atoms with van der Waals surface area (Å²) in [6.45, 7) is 4.14. The molecule has 0 unspecified atom stereocenters. The van der Waals surface area contributed by atoms with E-state index in [1.54, 1.807) is 33.5 Å². The number of hydrogen-bond donors (Lipinski definition) is 0. The van der Waals surface area contributed by atoms with E-state index < -0.39 is 8.80 Å². The Balaban J connectivity index is 4.08. The van der Waals surface area contributed by atoms with Gasteiger partial charge in [-0.2, -0.15) is 0 Å². The molecule has 7 heteroatoms. The second-order valence-corrected chi connectivity index (χ2v) is 7.04. The Labute approximate surface area is 128 Å². The number of carbonyl (C=O) groups excluding carboxylic acids is 1. The van der Waals surface area contributed by atoms with Crippen molar-refractivity contribution in [2.75, 3.05) is 27.6 Å². The minimum Gasteiger partial charge on any atom is -0.476 e. The average molecular weight is 318 g/mol. The summed E-state index contributed by atoms with van der Waals surface area (Å²) < 4.78 is 26.6. The zero-order chi connectivity index (χ0) is 16.0. The van der Waals surface area contributed by atoms with Gasteiger partial charge in [-0.25, -0.2) is 4.79 Å². The van der Waals surface area contributed by atoms with E-state index in [9.17, 15) is 4.79 Å². The largest absolute Gasteiger partial charge is 0.503 e. The monoisotopic (exact) mass is 318 g/mol. The van der Waals surface area contributed by atoms with Crippen molar-refractivity contribution in [3.63, 3.8) is 0 Å². The van der Waals surface area contributed by atoms with Crippen molar-refractivity contribution in [2.45, 2.75) is 32.7 Å². The minimum absolute atomic E-state index is 0.0722. The lowest BCUT2D eigenvalue weighted by atomic mass is 10.5. The van der Waals surface area contributed by atoms with Gasteiger partial charge in [-0.1, -0.05) is 13.0 Å². The lowest BCUT2D eigenvalue weighted by Crippen LogP contribution is -2.44. The van der Waals surface area contributed by atoms with Crippen molar-refractivity contribution in [1.82, 2.24) is 0 Å². The van der Waals surface area contributed by atoms with E-state index in [2.05, 4.69) is 0 Å². The molecule has 122 valence electrons. The molecule has 0 spiro atoms. The average Bonchev–Trinajstić information content (AvgIpc) is 2.50. The van der Waals surface area contributed by atoms with E-state index in [0.717, 1.165) is 6.42 Å². The fourth-order valence-electron chi connectivity index (χ4n) is 1.45. The zero-order valence-electron chi connectivity index (χ0n) is 13.3. The number of rotatable bonds is 12. The highest BCUT2D eigenvalue weighted by Crippen LogP contribution is 2.16. The van der Waals surface area contributed by atoms with Crippen LogP contribution < -0.4 is 0 Å². The van der Waals surface area contributed by atoms with E-state index in [-0.39, 0.29) is 12.8 Å². The van der Waals surface area contributed by atoms with E-state index in [1.807, 2.05) is 13.0 Å². The molecule has 0 fully saturated rings. The molecule has 0 aliphatic rings. The zero-order valence-corrected chi connectivity index (χ0v) is 14.3. The first-order valence-electron chi connectivity index (χ1n) is 6.94. The maximum absolute atomic E-state index is 11.2. The first-order chi connectivity index (χ1) is 10.1. The number of hydrogen-bond acceptors (Lipinski definition) is 6. The molecule has 0 aromatic rings. The summed E-state index contributed by atoms with van der Waals surface area (Å²) in [4.78, 5) is 11.2. The van der Waals surface area contributed by atoms with Crippen molar-refractivity contribution < 1.29 is 27.5 Å². The summed E-state index contributed by atoms with van der Waals surface area (Å²) in [5, 5.41) is 0. The molecule has 0 aromatic carbocycles. The second kappa shape index (κ2) is 12.6. The van der Waals surface area contributed by atoms with Crippen LogP contribution in [0.25, 0.3) is 0 Å². The number of allylic oxidation sites excluding steroid dienone is 2. The molecule has 0 atom stereocenters. The first kappa shape index (κ1) is 19.8. The Bertz CT molecular complexity index is 325. The molecule has 21 heavy (non-hydrogen) atoms. The van der Waals surface area contributed by atoms with Crippen LogP contribution in [0.2, 0.25) is 6.04 Å². The molecule has 0 bridgehead atoms. The van der Waals surface area contributed by atoms with Crippen LogP contribution in [0.3, 0.4) is 0 Å². The van der Waals surface area contributed by atoms with Crippen LogP contribution >= 0.6 is 0 Å². The van der Waals surface area contributed by atoms with Gasteiger partial charge in [0.2, 0.25) is 0 Å². The van der Waals surface area contributed by atoms with Gasteiger partial charge in [0.25, 0.3) is 0 Å². The topological polar surface area (TPSA) is 63.2 Å². The lowest BCUT2D eigenvalue weighted by molar-refractivity contribution is -0.137. The van der Waals surface area contributed by atoms with Gasteiger partial charge in [0.15, 0.2) is 6.79 Å². The SMILES string of the molecule is CC=CC(=O)OCCC[Si](OC)(OC)OCOC=CCC. The molecular formula is C14H26O6Si. The Hall–Kier alpha value is -1.15. The molecular weight excluding hydrogens is 292 g/mol. The fraction of sp³-hybridized carbons (Fsp3) is 0.643. The molecule has 0 amide bonds. The first-order valence-corrected chi connectivity index (χ1v) is 8.87. The van der Waals surface area contributed by atoms with E-state index >= 15 is 0 Å². The summed E-state index contributed by atoms with van der Waals surface area (Å²) in [5.74, 6) is -0.353. The molecule has 0 heterocycles. The summed E-state index contributed by atoms with van der Waals surface area (Å²) in [6, 6.07) is 0.546. The quantitative estimate of drug-likeness (QED) is 0.138. The molecule has 0 radical (unpaired) electrons. The van der Waals surface area contributed by atoms with Crippen molar-refractivity contribution in [2.24, 2.45) is 0 Å². The number of carbonyl (C=O) groups is 1. The van der Waals surface area contributed by atoms with Gasteiger partial charge in [0.1, 0.15) is 0 Å². The standard InChI is InChI=1S/C14H26O6Si/c1-5-7-10-18-13-20-21(16-3,17-4)12-8-11-19-14(15)9-6-2/h6-7,9-10H,5,8,11-13H2,1-4H3. The van der Waals surface area contributed by atoms with E-state index in [0.29, 0.717) is 19.1 Å². The van der Waals surface area contributed by atoms with Crippen molar-refractivity contribution >= 4 is 14.8 Å². The van der Waals surface area contributed by atoms with Gasteiger partial charge in [0, 0.05) is 26.3 Å². The minimum atomic E-state index is -2.76. The molecule has 0 aliphatic carbocycles. The molecule has 0 N–H and O–H groups in total. The predicted octanol–water partition coefficient (Wildman–Crippen LogP) is 2.64. The highest BCUT2D eigenvalue weighted by atomic mass is 28.4. The summed E-state index contributed by atoms with van der Waals surface area (Å²) >= 11 is 0. The number of ether oxygens (including phenoxy) is 2. The molecule has 0 saturated carbocycles. The molecule has 0 aliphatic heterocycles. The Morgan fingerprint density at radius 1 is 1.24 bits per heavy atom. The number of esters is 1. The Morgan fingerprint density at radius 3 is 2.52 bits per heavy atom. The summed E-state index contributed by atoms with van der Waals surface area (Å²) in [5.41, 5.74) is 0. The molecule has 0 rings (SSSR count). The maximum Gasteiger partial charge on any atom is 0.503 e. The second-order valence-electron chi connectivity index (χ2n) is 4.07. The van der Waals surface area contributed by atoms with Gasteiger partial charge in [-0.05, 0) is 25.8 Å². The third-order valence-corrected chi connectivity index (χ3v) is 5.34. The van der Waals surface area contributed by atoms with Crippen LogP contribution in [0.4, 0.5) is 0 Å². The molecule has 6 nitrogen and oxygen atoms in total. The van der Waals surface area contributed by atoms with Gasteiger partial charge in [0.05, 0.1) is 12.9 Å². The molecule has 0 saturated heterocycles. The Morgan fingerprint density at radius 2 is 1.95 bits per heavy atom. The van der Waals surface area contributed by atoms with Crippen LogP contribution in [-0.2, 0) is 27.5 Å². The third-order valence-electron chi connectivity index (χ3n) is 2.57. The van der Waals surface area contributed by atoms with Gasteiger partial charge in [-0.3, -0.25) is 0 Å². The van der Waals surface area contributed by atoms with Crippen molar-refractivity contribution in [1.29, 1.82) is 0 Å². The van der Waals surface area contributed by atoms with Crippen LogP contribution in [0.15, 0.2) is 24.5 Å². The van der Waals surface area contributed by atoms with Gasteiger partial charge < -0.3 is 22.8 Å². The fourth-order valence-corrected chi connectivity index (χ4v) is 3.23. The predicted molar refractivity (Wildman–Crippen MR) is 81.4 cm³/mol. The maximum atomic E-state index is 11.2. The van der Waals surface area contributed by atoms with Crippen molar-refractivity contribution in [3.8, 4) is 0 Å². The third kappa shape index (κ3) is 9.41. The summed E-state index contributed by atoms with van der Waals surface area (Å²) in [6.07, 6.45) is 7.98. The van der Waals surface area contributed by atoms with Crippen LogP contribution in [0.1, 0.15) is 26.7 Å². The highest BCUT2D eigenvalue weighted by molar-refractivity contribution is 6.60. The van der Waals surface area contributed by atoms with E-state index in [4.69, 9.17) is 22.8 Å². The summed E-state index contributed by atoms with van der Waals surface area (Å²) in [7, 11) is 0.328. The molecule has 0 aromatic heterocycles. The normalized spacial score (nSPS) is 12.2. The smallest absolute Gasteiger partial charge is 0.476 e. The van der Waals surface area contributed by atoms with Gasteiger partial charge >= 0.3 is 14.8 Å². The van der Waals surface area contributed by atoms with E-state index in [1.165, 1.54) is 6.08 Å². The van der Waals surface area contributed by atoms with Crippen LogP contribution in [0, 0.1) is 0 Å². The van der Waals surface area contributed by atoms with Gasteiger partial charge in [-0.15, -0.1) is 0 Å². The van der Waals surface area contributed by atoms with Crippen LogP contribution in [0.5, 0.6) is 0 Å². The Kier molecular flexibility index (Phi) is 11.9.